The topological polar surface area (TPSA) is 95.3 Å². The predicted octanol–water partition coefficient (Wildman–Crippen LogP) is 3.44. The van der Waals surface area contributed by atoms with Crippen LogP contribution in [0.4, 0.5) is 0 Å². The number of benzene rings is 1. The van der Waals surface area contributed by atoms with Gasteiger partial charge in [0.05, 0.1) is 17.0 Å². The second kappa shape index (κ2) is 8.53. The lowest BCUT2D eigenvalue weighted by molar-refractivity contribution is 0.0474. The van der Waals surface area contributed by atoms with Crippen LogP contribution in [0.5, 0.6) is 0 Å². The number of Topliss-reactive ketones (excluding diaryl/α,β-unsaturated/α-hetero) is 1. The van der Waals surface area contributed by atoms with Gasteiger partial charge in [-0.3, -0.25) is 9.36 Å². The summed E-state index contributed by atoms with van der Waals surface area (Å²) in [6, 6.07) is 7.95. The lowest BCUT2D eigenvalue weighted by Gasteiger charge is -2.07. The summed E-state index contributed by atoms with van der Waals surface area (Å²) in [6.45, 7) is 5.22. The average molecular weight is 447 g/mol. The van der Waals surface area contributed by atoms with E-state index < -0.39 is 22.4 Å². The van der Waals surface area contributed by atoms with Gasteiger partial charge in [0, 0.05) is 28.6 Å². The van der Waals surface area contributed by atoms with Crippen LogP contribution in [0.2, 0.25) is 0 Å². The number of thiazole rings is 1. The summed E-state index contributed by atoms with van der Waals surface area (Å²) in [4.78, 5) is 29.5. The fraction of sp³-hybridized carbons (Fsp3) is 0.286. The highest BCUT2D eigenvalue weighted by molar-refractivity contribution is 7.89. The van der Waals surface area contributed by atoms with E-state index in [1.54, 1.807) is 18.2 Å². The number of nitrogens with zero attached hydrogens (tertiary/aromatic N) is 2. The molecule has 0 unspecified atom stereocenters. The van der Waals surface area contributed by atoms with Gasteiger partial charge in [-0.05, 0) is 44.5 Å². The smallest absolute Gasteiger partial charge is 0.338 e. The number of hydrogen-bond acceptors (Lipinski definition) is 7. The highest BCUT2D eigenvalue weighted by atomic mass is 32.2. The quantitative estimate of drug-likeness (QED) is 0.408. The minimum atomic E-state index is -3.22. The third kappa shape index (κ3) is 5.03. The monoisotopic (exact) mass is 446 g/mol. The molecule has 0 N–H and O–H groups in total. The van der Waals surface area contributed by atoms with Crippen LogP contribution in [0.3, 0.4) is 0 Å². The average Bonchev–Trinajstić information content (AvgIpc) is 3.20. The maximum absolute atomic E-state index is 12.7. The van der Waals surface area contributed by atoms with Crippen LogP contribution >= 0.6 is 11.3 Å². The Morgan fingerprint density at radius 1 is 1.17 bits per heavy atom. The molecule has 3 rings (SSSR count). The zero-order valence-corrected chi connectivity index (χ0v) is 18.8. The molecule has 30 heavy (non-hydrogen) atoms. The van der Waals surface area contributed by atoms with E-state index in [-0.39, 0.29) is 17.1 Å². The van der Waals surface area contributed by atoms with Gasteiger partial charge in [-0.2, -0.15) is 0 Å². The van der Waals surface area contributed by atoms with Gasteiger partial charge in [0.1, 0.15) is 0 Å². The highest BCUT2D eigenvalue weighted by Gasteiger charge is 2.20. The van der Waals surface area contributed by atoms with Crippen LogP contribution < -0.4 is 0 Å². The van der Waals surface area contributed by atoms with Gasteiger partial charge in [0.15, 0.2) is 21.6 Å². The molecule has 0 aliphatic carbocycles. The molecule has 9 heteroatoms. The summed E-state index contributed by atoms with van der Waals surface area (Å²) >= 11 is 1.49. The van der Waals surface area contributed by atoms with Crippen LogP contribution in [0.1, 0.15) is 43.4 Å². The Hall–Kier alpha value is -2.78. The number of aryl methyl sites for hydroxylation is 2. The third-order valence-electron chi connectivity index (χ3n) is 4.46. The first kappa shape index (κ1) is 21.9. The van der Waals surface area contributed by atoms with Gasteiger partial charge >= 0.3 is 5.97 Å². The lowest BCUT2D eigenvalue weighted by atomic mass is 10.1. The molecule has 0 spiro atoms. The number of sulfone groups is 1. The Balaban J connectivity index is 1.72. The molecule has 0 amide bonds. The molecule has 0 aliphatic rings. The number of hydrogen-bond donors (Lipinski definition) is 0. The van der Waals surface area contributed by atoms with Crippen LogP contribution in [-0.4, -0.2) is 42.6 Å². The Morgan fingerprint density at radius 3 is 2.53 bits per heavy atom. The number of carbonyl (C=O) groups excluding carboxylic acids is 2. The van der Waals surface area contributed by atoms with Crippen molar-refractivity contribution in [3.05, 3.63) is 69.5 Å². The number of ketones is 1. The maximum Gasteiger partial charge on any atom is 0.338 e. The molecule has 0 aliphatic heterocycles. The number of rotatable bonds is 7. The maximum atomic E-state index is 12.7. The van der Waals surface area contributed by atoms with E-state index in [1.807, 2.05) is 30.7 Å². The molecule has 158 valence electrons. The summed E-state index contributed by atoms with van der Waals surface area (Å²) in [5.41, 5.74) is 3.66. The van der Waals surface area contributed by atoms with Crippen LogP contribution in [0.25, 0.3) is 5.13 Å². The molecule has 0 atom stereocenters. The first-order valence-electron chi connectivity index (χ1n) is 9.13. The summed E-state index contributed by atoms with van der Waals surface area (Å²) in [5, 5.41) is 2.72. The van der Waals surface area contributed by atoms with Crippen LogP contribution in [0, 0.1) is 20.8 Å². The minimum Gasteiger partial charge on any atom is -0.454 e. The van der Waals surface area contributed by atoms with Crippen LogP contribution in [0.15, 0.2) is 35.7 Å². The van der Waals surface area contributed by atoms with Crippen molar-refractivity contribution in [1.82, 2.24) is 9.55 Å². The molecule has 0 fully saturated rings. The third-order valence-corrected chi connectivity index (χ3v) is 6.26. The van der Waals surface area contributed by atoms with Crippen molar-refractivity contribution in [3.63, 3.8) is 0 Å². The summed E-state index contributed by atoms with van der Waals surface area (Å²) in [7, 11) is -3.22. The summed E-state index contributed by atoms with van der Waals surface area (Å²) < 4.78 is 30.0. The highest BCUT2D eigenvalue weighted by Crippen LogP contribution is 2.24. The zero-order chi connectivity index (χ0) is 22.1. The lowest BCUT2D eigenvalue weighted by Crippen LogP contribution is -2.15. The van der Waals surface area contributed by atoms with Crippen molar-refractivity contribution in [3.8, 4) is 5.13 Å². The van der Waals surface area contributed by atoms with Gasteiger partial charge in [-0.25, -0.2) is 18.2 Å². The SMILES string of the molecule is Cc1csc(-n2c(C)cc(C(=O)COC(=O)c3cccc(CS(C)(=O)=O)c3)c2C)n1. The Bertz CT molecular complexity index is 1220. The second-order valence-electron chi connectivity index (χ2n) is 7.16. The number of aromatic nitrogens is 2. The standard InChI is InChI=1S/C21H22N2O5S2/c1-13-11-29-21(22-13)23-14(2)8-18(15(23)3)19(24)10-28-20(25)17-7-5-6-16(9-17)12-30(4,26)27/h5-9,11H,10,12H2,1-4H3. The van der Waals surface area contributed by atoms with Crippen LogP contribution in [-0.2, 0) is 20.3 Å². The summed E-state index contributed by atoms with van der Waals surface area (Å²) in [5.74, 6) is -1.17. The summed E-state index contributed by atoms with van der Waals surface area (Å²) in [6.07, 6.45) is 1.13. The molecule has 0 saturated carbocycles. The van der Waals surface area contributed by atoms with E-state index in [1.165, 1.54) is 23.5 Å². The van der Waals surface area contributed by atoms with Crippen molar-refractivity contribution in [2.75, 3.05) is 12.9 Å². The van der Waals surface area contributed by atoms with E-state index in [9.17, 15) is 18.0 Å². The van der Waals surface area contributed by atoms with Crippen molar-refractivity contribution < 1.29 is 22.7 Å². The largest absolute Gasteiger partial charge is 0.454 e. The number of carbonyl (C=O) groups is 2. The van der Waals surface area contributed by atoms with E-state index in [2.05, 4.69) is 4.98 Å². The number of esters is 1. The molecule has 0 radical (unpaired) electrons. The fourth-order valence-electron chi connectivity index (χ4n) is 3.17. The normalized spacial score (nSPS) is 11.5. The van der Waals surface area contributed by atoms with Crippen molar-refractivity contribution in [2.24, 2.45) is 0 Å². The van der Waals surface area contributed by atoms with Crippen molar-refractivity contribution in [2.45, 2.75) is 26.5 Å². The van der Waals surface area contributed by atoms with Gasteiger partial charge in [0.2, 0.25) is 5.78 Å². The van der Waals surface area contributed by atoms with Crippen molar-refractivity contribution >= 4 is 32.9 Å². The predicted molar refractivity (Wildman–Crippen MR) is 115 cm³/mol. The fourth-order valence-corrected chi connectivity index (χ4v) is 4.86. The van der Waals surface area contributed by atoms with E-state index >= 15 is 0 Å². The molecule has 1 aromatic carbocycles. The van der Waals surface area contributed by atoms with Gasteiger partial charge in [0.25, 0.3) is 0 Å². The van der Waals surface area contributed by atoms with E-state index in [0.717, 1.165) is 28.5 Å². The molecule has 2 aromatic heterocycles. The Morgan fingerprint density at radius 2 is 1.90 bits per heavy atom. The molecule has 3 aromatic rings. The van der Waals surface area contributed by atoms with E-state index in [4.69, 9.17) is 4.74 Å². The Labute approximate surface area is 179 Å². The van der Waals surface area contributed by atoms with Gasteiger partial charge in [-0.1, -0.05) is 12.1 Å². The molecule has 0 saturated heterocycles. The Kier molecular flexibility index (Phi) is 6.23. The van der Waals surface area contributed by atoms with E-state index in [0.29, 0.717) is 11.1 Å². The molecule has 0 bridgehead atoms. The molecule has 7 nitrogen and oxygen atoms in total. The molecule has 2 heterocycles. The minimum absolute atomic E-state index is 0.171. The zero-order valence-electron chi connectivity index (χ0n) is 17.1. The second-order valence-corrected chi connectivity index (χ2v) is 10.1. The first-order valence-corrected chi connectivity index (χ1v) is 12.1. The van der Waals surface area contributed by atoms with Gasteiger partial charge < -0.3 is 4.74 Å². The van der Waals surface area contributed by atoms with Crippen molar-refractivity contribution in [1.29, 1.82) is 0 Å². The molecular formula is C21H22N2O5S2. The first-order chi connectivity index (χ1) is 14.0. The number of ether oxygens (including phenoxy) is 1. The van der Waals surface area contributed by atoms with Gasteiger partial charge in [-0.15, -0.1) is 11.3 Å². The molecular weight excluding hydrogens is 424 g/mol.